The van der Waals surface area contributed by atoms with Gasteiger partial charge >= 0.3 is 0 Å². The summed E-state index contributed by atoms with van der Waals surface area (Å²) < 4.78 is 0. The Morgan fingerprint density at radius 3 is 2.75 bits per heavy atom. The molecular formula is C14H23ClN4O. The molecule has 0 fully saturated rings. The lowest BCUT2D eigenvalue weighted by atomic mass is 10.2. The highest BCUT2D eigenvalue weighted by molar-refractivity contribution is 6.29. The Labute approximate surface area is 125 Å². The van der Waals surface area contributed by atoms with Crippen molar-refractivity contribution < 1.29 is 4.79 Å². The number of anilines is 1. The number of pyridine rings is 1. The standard InChI is InChI=1S/C14H23ClN4O/c1-5-6-16-13-8-11(7-12(15)18-13)14(20)17-9-10(2)19(3)4/h7-8,10H,5-6,9H2,1-4H3,(H,16,18)(H,17,20). The number of nitrogens with zero attached hydrogens (tertiary/aromatic N) is 2. The van der Waals surface area contributed by atoms with Gasteiger partial charge in [-0.3, -0.25) is 4.79 Å². The summed E-state index contributed by atoms with van der Waals surface area (Å²) in [5, 5.41) is 6.34. The van der Waals surface area contributed by atoms with Crippen molar-refractivity contribution in [2.24, 2.45) is 0 Å². The molecule has 0 aliphatic rings. The number of nitrogens with one attached hydrogen (secondary N) is 2. The van der Waals surface area contributed by atoms with Crippen LogP contribution in [0.3, 0.4) is 0 Å². The fourth-order valence-corrected chi connectivity index (χ4v) is 1.71. The fraction of sp³-hybridized carbons (Fsp3) is 0.571. The van der Waals surface area contributed by atoms with Gasteiger partial charge in [-0.2, -0.15) is 0 Å². The Balaban J connectivity index is 2.69. The van der Waals surface area contributed by atoms with E-state index in [0.717, 1.165) is 13.0 Å². The number of aromatic nitrogens is 1. The molecule has 20 heavy (non-hydrogen) atoms. The SMILES string of the molecule is CCCNc1cc(C(=O)NCC(C)N(C)C)cc(Cl)n1. The van der Waals surface area contributed by atoms with Crippen LogP contribution in [0.4, 0.5) is 5.82 Å². The van der Waals surface area contributed by atoms with Crippen LogP contribution in [0.1, 0.15) is 30.6 Å². The summed E-state index contributed by atoms with van der Waals surface area (Å²) in [6.07, 6.45) is 0.982. The first-order valence-electron chi connectivity index (χ1n) is 6.80. The highest BCUT2D eigenvalue weighted by Gasteiger charge is 2.11. The second-order valence-corrected chi connectivity index (χ2v) is 5.40. The lowest BCUT2D eigenvalue weighted by Gasteiger charge is -2.20. The molecule has 1 aromatic heterocycles. The van der Waals surface area contributed by atoms with Crippen molar-refractivity contribution in [1.29, 1.82) is 0 Å². The maximum Gasteiger partial charge on any atom is 0.251 e. The average Bonchev–Trinajstić information content (AvgIpc) is 2.41. The first-order valence-corrected chi connectivity index (χ1v) is 7.18. The maximum atomic E-state index is 12.1. The molecule has 1 atom stereocenters. The van der Waals surface area contributed by atoms with Gasteiger partial charge in [0.25, 0.3) is 5.91 Å². The van der Waals surface area contributed by atoms with Crippen LogP contribution in [0, 0.1) is 0 Å². The van der Waals surface area contributed by atoms with E-state index in [0.29, 0.717) is 23.1 Å². The lowest BCUT2D eigenvalue weighted by Crippen LogP contribution is -2.38. The van der Waals surface area contributed by atoms with Crippen LogP contribution < -0.4 is 10.6 Å². The van der Waals surface area contributed by atoms with Crippen LogP contribution in [0.25, 0.3) is 0 Å². The van der Waals surface area contributed by atoms with Gasteiger partial charge in [0, 0.05) is 24.7 Å². The van der Waals surface area contributed by atoms with E-state index < -0.39 is 0 Å². The van der Waals surface area contributed by atoms with Crippen molar-refractivity contribution in [1.82, 2.24) is 15.2 Å². The zero-order valence-corrected chi connectivity index (χ0v) is 13.3. The highest BCUT2D eigenvalue weighted by atomic mass is 35.5. The van der Waals surface area contributed by atoms with Crippen LogP contribution >= 0.6 is 11.6 Å². The summed E-state index contributed by atoms with van der Waals surface area (Å²) in [6.45, 7) is 5.50. The zero-order chi connectivity index (χ0) is 15.1. The normalized spacial score (nSPS) is 12.3. The molecular weight excluding hydrogens is 276 g/mol. The van der Waals surface area contributed by atoms with Crippen LogP contribution in [0.2, 0.25) is 5.15 Å². The zero-order valence-electron chi connectivity index (χ0n) is 12.5. The molecule has 1 amide bonds. The third-order valence-corrected chi connectivity index (χ3v) is 3.25. The molecule has 6 heteroatoms. The molecule has 1 aromatic rings. The highest BCUT2D eigenvalue weighted by Crippen LogP contribution is 2.14. The molecule has 0 saturated carbocycles. The molecule has 0 spiro atoms. The van der Waals surface area contributed by atoms with Crippen LogP contribution in [0.15, 0.2) is 12.1 Å². The van der Waals surface area contributed by atoms with Gasteiger partial charge < -0.3 is 15.5 Å². The fourth-order valence-electron chi connectivity index (χ4n) is 1.50. The topological polar surface area (TPSA) is 57.3 Å². The van der Waals surface area contributed by atoms with E-state index in [4.69, 9.17) is 11.6 Å². The van der Waals surface area contributed by atoms with Gasteiger partial charge in [0.1, 0.15) is 11.0 Å². The van der Waals surface area contributed by atoms with Crippen LogP contribution in [-0.4, -0.2) is 49.0 Å². The van der Waals surface area contributed by atoms with Crippen LogP contribution in [-0.2, 0) is 0 Å². The minimum Gasteiger partial charge on any atom is -0.370 e. The average molecular weight is 299 g/mol. The smallest absolute Gasteiger partial charge is 0.251 e. The number of hydrogen-bond acceptors (Lipinski definition) is 4. The number of amides is 1. The van der Waals surface area contributed by atoms with E-state index in [-0.39, 0.29) is 11.9 Å². The van der Waals surface area contributed by atoms with Crippen molar-refractivity contribution in [2.45, 2.75) is 26.3 Å². The predicted octanol–water partition coefficient (Wildman–Crippen LogP) is 2.24. The Bertz CT molecular complexity index is 451. The summed E-state index contributed by atoms with van der Waals surface area (Å²) >= 11 is 5.95. The minimum absolute atomic E-state index is 0.137. The van der Waals surface area contributed by atoms with Crippen molar-refractivity contribution in [2.75, 3.05) is 32.5 Å². The summed E-state index contributed by atoms with van der Waals surface area (Å²) in [4.78, 5) is 18.3. The number of likely N-dealkylation sites (N-methyl/N-ethyl adjacent to an activating group) is 1. The van der Waals surface area contributed by atoms with Crippen molar-refractivity contribution in [3.8, 4) is 0 Å². The van der Waals surface area contributed by atoms with Crippen molar-refractivity contribution >= 4 is 23.3 Å². The van der Waals surface area contributed by atoms with E-state index in [2.05, 4.69) is 22.5 Å². The number of carbonyl (C=O) groups is 1. The molecule has 0 aromatic carbocycles. The molecule has 0 saturated heterocycles. The van der Waals surface area contributed by atoms with E-state index in [9.17, 15) is 4.79 Å². The maximum absolute atomic E-state index is 12.1. The summed E-state index contributed by atoms with van der Waals surface area (Å²) in [5.74, 6) is 0.493. The van der Waals surface area contributed by atoms with Gasteiger partial charge in [0.2, 0.25) is 0 Å². The van der Waals surface area contributed by atoms with Gasteiger partial charge in [0.05, 0.1) is 0 Å². The largest absolute Gasteiger partial charge is 0.370 e. The third-order valence-electron chi connectivity index (χ3n) is 3.05. The lowest BCUT2D eigenvalue weighted by molar-refractivity contribution is 0.0943. The number of rotatable bonds is 7. The molecule has 1 unspecified atom stereocenters. The Kier molecular flexibility index (Phi) is 6.75. The quantitative estimate of drug-likeness (QED) is 0.758. The number of halogens is 1. The van der Waals surface area contributed by atoms with Crippen molar-refractivity contribution in [3.63, 3.8) is 0 Å². The van der Waals surface area contributed by atoms with Crippen molar-refractivity contribution in [3.05, 3.63) is 22.8 Å². The molecule has 5 nitrogen and oxygen atoms in total. The first-order chi connectivity index (χ1) is 9.43. The van der Waals surface area contributed by atoms with E-state index in [1.54, 1.807) is 12.1 Å². The Morgan fingerprint density at radius 1 is 1.45 bits per heavy atom. The molecule has 0 bridgehead atoms. The minimum atomic E-state index is -0.137. The molecule has 0 aliphatic carbocycles. The van der Waals surface area contributed by atoms with Gasteiger partial charge in [-0.15, -0.1) is 0 Å². The Hall–Kier alpha value is -1.33. The molecule has 0 aliphatic heterocycles. The summed E-state index contributed by atoms with van der Waals surface area (Å²) in [6, 6.07) is 3.57. The van der Waals surface area contributed by atoms with Gasteiger partial charge in [-0.25, -0.2) is 4.98 Å². The molecule has 0 radical (unpaired) electrons. The van der Waals surface area contributed by atoms with E-state index in [1.165, 1.54) is 0 Å². The second-order valence-electron chi connectivity index (χ2n) is 5.01. The van der Waals surface area contributed by atoms with E-state index >= 15 is 0 Å². The molecule has 2 N–H and O–H groups in total. The summed E-state index contributed by atoms with van der Waals surface area (Å²) in [7, 11) is 3.96. The number of carbonyl (C=O) groups excluding carboxylic acids is 1. The third kappa shape index (κ3) is 5.35. The van der Waals surface area contributed by atoms with Gasteiger partial charge in [-0.05, 0) is 39.6 Å². The molecule has 1 heterocycles. The Morgan fingerprint density at radius 2 is 2.15 bits per heavy atom. The van der Waals surface area contributed by atoms with Gasteiger partial charge in [0.15, 0.2) is 0 Å². The molecule has 1 rings (SSSR count). The first kappa shape index (κ1) is 16.7. The van der Waals surface area contributed by atoms with Gasteiger partial charge in [-0.1, -0.05) is 18.5 Å². The monoisotopic (exact) mass is 298 g/mol. The summed E-state index contributed by atoms with van der Waals surface area (Å²) in [5.41, 5.74) is 0.523. The molecule has 112 valence electrons. The second kappa shape index (κ2) is 8.07. The predicted molar refractivity (Wildman–Crippen MR) is 83.5 cm³/mol. The van der Waals surface area contributed by atoms with E-state index in [1.807, 2.05) is 25.9 Å². The van der Waals surface area contributed by atoms with Crippen LogP contribution in [0.5, 0.6) is 0 Å². The number of hydrogen-bond donors (Lipinski definition) is 2.